The lowest BCUT2D eigenvalue weighted by Gasteiger charge is -2.44. The molecule has 3 aromatic heterocycles. The number of fused-ring (bicyclic) bond motifs is 1. The van der Waals surface area contributed by atoms with E-state index in [0.29, 0.717) is 29.7 Å². The Morgan fingerprint density at radius 1 is 0.880 bits per heavy atom. The number of nitrogen functional groups attached to an aromatic ring is 1. The highest BCUT2D eigenvalue weighted by atomic mass is 16.7. The first-order valence-electron chi connectivity index (χ1n) is 15.6. The number of aromatic nitrogens is 7. The molecule has 0 radical (unpaired) electrons. The van der Waals surface area contributed by atoms with Crippen molar-refractivity contribution in [2.75, 3.05) is 25.6 Å². The highest BCUT2D eigenvalue weighted by Crippen LogP contribution is 2.36. The van der Waals surface area contributed by atoms with Crippen molar-refractivity contribution in [3.05, 3.63) is 24.5 Å². The monoisotopic (exact) mass is 706 g/mol. The van der Waals surface area contributed by atoms with Gasteiger partial charge in [0.15, 0.2) is 42.2 Å². The van der Waals surface area contributed by atoms with Crippen LogP contribution in [0.5, 0.6) is 0 Å². The summed E-state index contributed by atoms with van der Waals surface area (Å²) in [5, 5.41) is 28.9. The van der Waals surface area contributed by atoms with Gasteiger partial charge in [-0.05, 0) is 12.8 Å². The van der Waals surface area contributed by atoms with E-state index in [0.717, 1.165) is 20.8 Å². The number of aliphatic hydroxyl groups excluding tert-OH is 2. The minimum atomic E-state index is -1.37. The van der Waals surface area contributed by atoms with Gasteiger partial charge >= 0.3 is 23.9 Å². The van der Waals surface area contributed by atoms with Crippen LogP contribution in [0, 0.1) is 0 Å². The van der Waals surface area contributed by atoms with Gasteiger partial charge in [0.2, 0.25) is 0 Å². The summed E-state index contributed by atoms with van der Waals surface area (Å²) in [7, 11) is 0. The van der Waals surface area contributed by atoms with E-state index >= 15 is 0 Å². The van der Waals surface area contributed by atoms with E-state index < -0.39 is 92.3 Å². The van der Waals surface area contributed by atoms with Crippen molar-refractivity contribution in [1.82, 2.24) is 34.5 Å². The van der Waals surface area contributed by atoms with Crippen molar-refractivity contribution in [3.63, 3.8) is 0 Å². The molecule has 3 aromatic rings. The normalized spacial score (nSPS) is 27.9. The molecule has 0 aromatic carbocycles. The van der Waals surface area contributed by atoms with E-state index in [1.165, 1.54) is 30.5 Å². The second-order valence-electron chi connectivity index (χ2n) is 11.5. The molecule has 2 fully saturated rings. The summed E-state index contributed by atoms with van der Waals surface area (Å²) in [6.45, 7) is 3.84. The van der Waals surface area contributed by atoms with E-state index in [1.54, 1.807) is 4.57 Å². The van der Waals surface area contributed by atoms with E-state index in [1.807, 2.05) is 0 Å². The number of nitrogens with two attached hydrogens (primary N) is 1. The number of aliphatic hydroxyl groups is 2. The molecule has 21 nitrogen and oxygen atoms in total. The maximum atomic E-state index is 12.2. The van der Waals surface area contributed by atoms with Crippen LogP contribution in [0.1, 0.15) is 52.3 Å². The smallest absolute Gasteiger partial charge is 0.303 e. The first kappa shape index (κ1) is 36.5. The van der Waals surface area contributed by atoms with Gasteiger partial charge in [-0.3, -0.25) is 23.7 Å². The van der Waals surface area contributed by atoms with Crippen LogP contribution in [0.3, 0.4) is 0 Å². The summed E-state index contributed by atoms with van der Waals surface area (Å²) >= 11 is 0. The van der Waals surface area contributed by atoms with Crippen molar-refractivity contribution in [1.29, 1.82) is 0 Å². The zero-order valence-corrected chi connectivity index (χ0v) is 27.6. The zero-order chi connectivity index (χ0) is 36.1. The Balaban J connectivity index is 1.30. The number of aryl methyl sites for hydroxylation is 1. The molecule has 0 aliphatic carbocycles. The Morgan fingerprint density at radius 2 is 1.56 bits per heavy atom. The molecular formula is C29H38N8O13. The lowest BCUT2D eigenvalue weighted by atomic mass is 9.97. The molecule has 9 atom stereocenters. The van der Waals surface area contributed by atoms with Crippen LogP contribution < -0.4 is 5.73 Å². The van der Waals surface area contributed by atoms with Crippen LogP contribution in [0.2, 0.25) is 0 Å². The van der Waals surface area contributed by atoms with Crippen LogP contribution in [0.4, 0.5) is 5.82 Å². The van der Waals surface area contributed by atoms with Crippen molar-refractivity contribution in [3.8, 4) is 0 Å². The fraction of sp³-hybridized carbons (Fsp3) is 0.621. The van der Waals surface area contributed by atoms with Crippen LogP contribution in [0.15, 0.2) is 18.9 Å². The number of carbonyl (C=O) groups is 4. The van der Waals surface area contributed by atoms with Gasteiger partial charge in [-0.15, -0.1) is 5.10 Å². The predicted octanol–water partition coefficient (Wildman–Crippen LogP) is -1.48. The van der Waals surface area contributed by atoms with Gasteiger partial charge in [-0.1, -0.05) is 5.21 Å². The van der Waals surface area contributed by atoms with Crippen LogP contribution >= 0.6 is 0 Å². The first-order chi connectivity index (χ1) is 23.9. The van der Waals surface area contributed by atoms with Gasteiger partial charge in [0.25, 0.3) is 0 Å². The lowest BCUT2D eigenvalue weighted by molar-refractivity contribution is -0.270. The predicted molar refractivity (Wildman–Crippen MR) is 162 cm³/mol. The van der Waals surface area contributed by atoms with E-state index in [2.05, 4.69) is 25.3 Å². The van der Waals surface area contributed by atoms with Crippen molar-refractivity contribution >= 4 is 40.9 Å². The number of rotatable bonds is 13. The first-order valence-corrected chi connectivity index (χ1v) is 15.6. The van der Waals surface area contributed by atoms with E-state index in [4.69, 9.17) is 38.9 Å². The van der Waals surface area contributed by atoms with Crippen LogP contribution in [-0.4, -0.2) is 131 Å². The van der Waals surface area contributed by atoms with Crippen LogP contribution in [-0.2, 0) is 58.8 Å². The molecule has 5 rings (SSSR count). The second kappa shape index (κ2) is 15.8. The molecule has 0 bridgehead atoms. The zero-order valence-electron chi connectivity index (χ0n) is 27.6. The molecule has 2 aliphatic rings. The maximum absolute atomic E-state index is 12.2. The number of hydrogen-bond donors (Lipinski definition) is 3. The molecular weight excluding hydrogens is 668 g/mol. The summed E-state index contributed by atoms with van der Waals surface area (Å²) in [5.74, 6) is -2.74. The number of anilines is 1. The van der Waals surface area contributed by atoms with Crippen molar-refractivity contribution in [2.24, 2.45) is 0 Å². The summed E-state index contributed by atoms with van der Waals surface area (Å²) in [6.07, 6.45) is -5.41. The lowest BCUT2D eigenvalue weighted by Crippen LogP contribution is -2.60. The third-order valence-electron chi connectivity index (χ3n) is 7.83. The number of carbonyl (C=O) groups excluding carboxylic acids is 4. The van der Waals surface area contributed by atoms with Gasteiger partial charge < -0.3 is 49.1 Å². The standard InChI is InChI=1S/C29H38N8O13/c1-13(39)45-10-19-22(46-14(2)40)24(47-15(3)41)25(48-16(4)42)29(50-19)37-8-17(34-35-37)6-5-7-44-23-21(43)18(9-38)49-28(23)36-12-33-20-26(30)31-11-32-27(20)36/h8,11-12,18-19,21-25,28-29,38,43H,5-7,9-10H2,1-4H3,(H2,30,31,32)/t18-,19-,21-,22-,23-,24+,25-,28-,29-/m1/s1. The Kier molecular flexibility index (Phi) is 11.5. The number of hydrogen-bond acceptors (Lipinski definition) is 19. The summed E-state index contributed by atoms with van der Waals surface area (Å²) < 4.78 is 42.3. The SMILES string of the molecule is CC(=O)OC[C@H]1O[C@@H](n2cc(CCCO[C@@H]3[C@H](O)[C@@H](CO)O[C@H]3n3cnc4c(N)ncnc43)nn2)[C@H](OC(C)=O)[C@@H](OC(C)=O)[C@@H]1OC(C)=O. The number of esters is 4. The highest BCUT2D eigenvalue weighted by molar-refractivity contribution is 5.81. The molecule has 0 spiro atoms. The largest absolute Gasteiger partial charge is 0.463 e. The quantitative estimate of drug-likeness (QED) is 0.104. The van der Waals surface area contributed by atoms with Crippen molar-refractivity contribution in [2.45, 2.75) is 95.7 Å². The van der Waals surface area contributed by atoms with Gasteiger partial charge in [-0.25, -0.2) is 19.6 Å². The average Bonchev–Trinajstić information content (AvgIpc) is 3.77. The fourth-order valence-corrected chi connectivity index (χ4v) is 5.77. The molecule has 2 saturated heterocycles. The molecule has 21 heteroatoms. The maximum Gasteiger partial charge on any atom is 0.303 e. The topological polar surface area (TPSA) is 274 Å². The molecule has 4 N–H and O–H groups in total. The third-order valence-corrected chi connectivity index (χ3v) is 7.83. The molecule has 50 heavy (non-hydrogen) atoms. The summed E-state index contributed by atoms with van der Waals surface area (Å²) in [5.41, 5.74) is 7.08. The number of nitrogens with zero attached hydrogens (tertiary/aromatic N) is 7. The number of imidazole rings is 1. The molecule has 5 heterocycles. The van der Waals surface area contributed by atoms with Crippen molar-refractivity contribution < 1.29 is 62.5 Å². The average molecular weight is 707 g/mol. The van der Waals surface area contributed by atoms with Gasteiger partial charge in [0, 0.05) is 34.3 Å². The highest BCUT2D eigenvalue weighted by Gasteiger charge is 2.53. The van der Waals surface area contributed by atoms with Gasteiger partial charge in [0.05, 0.1) is 24.8 Å². The molecule has 0 unspecified atom stereocenters. The number of ether oxygens (including phenoxy) is 7. The second-order valence-corrected chi connectivity index (χ2v) is 11.5. The minimum Gasteiger partial charge on any atom is -0.463 e. The molecule has 0 saturated carbocycles. The molecule has 272 valence electrons. The Hall–Kier alpha value is -4.83. The Labute approximate surface area is 283 Å². The van der Waals surface area contributed by atoms with Gasteiger partial charge in [-0.2, -0.15) is 0 Å². The van der Waals surface area contributed by atoms with Crippen LogP contribution in [0.25, 0.3) is 11.2 Å². The summed E-state index contributed by atoms with van der Waals surface area (Å²) in [4.78, 5) is 60.3. The fourth-order valence-electron chi connectivity index (χ4n) is 5.77. The molecule has 0 amide bonds. The van der Waals surface area contributed by atoms with E-state index in [9.17, 15) is 29.4 Å². The molecule has 2 aliphatic heterocycles. The van der Waals surface area contributed by atoms with E-state index in [-0.39, 0.29) is 12.4 Å². The summed E-state index contributed by atoms with van der Waals surface area (Å²) in [6, 6.07) is 0. The Bertz CT molecular complexity index is 1680. The Morgan fingerprint density at radius 3 is 2.24 bits per heavy atom. The van der Waals surface area contributed by atoms with Gasteiger partial charge in [0.1, 0.15) is 42.9 Å². The third kappa shape index (κ3) is 8.13. The minimum absolute atomic E-state index is 0.120.